The molecule has 5 heteroatoms. The fourth-order valence-corrected chi connectivity index (χ4v) is 3.73. The molecule has 2 aliphatic rings. The standard InChI is InChI=1S/C14H16N2O3/c1-7-9(16(18)19)5-8-10-11(7)15-12(17)14(10,4)6-13(8,2)3/h5H,6H2,1-4H3,(H,15,17). The topological polar surface area (TPSA) is 72.2 Å². The van der Waals surface area contributed by atoms with Gasteiger partial charge >= 0.3 is 0 Å². The van der Waals surface area contributed by atoms with Crippen molar-refractivity contribution >= 4 is 17.3 Å². The molecule has 0 spiro atoms. The van der Waals surface area contributed by atoms with Crippen molar-refractivity contribution in [1.29, 1.82) is 0 Å². The molecule has 0 fully saturated rings. The summed E-state index contributed by atoms with van der Waals surface area (Å²) in [5, 5.41) is 14.0. The van der Waals surface area contributed by atoms with Crippen LogP contribution in [0.25, 0.3) is 0 Å². The maximum Gasteiger partial charge on any atom is 0.274 e. The van der Waals surface area contributed by atoms with Crippen LogP contribution in [0.1, 0.15) is 43.9 Å². The van der Waals surface area contributed by atoms with E-state index >= 15 is 0 Å². The smallest absolute Gasteiger partial charge is 0.274 e. The Bertz CT molecular complexity index is 649. The van der Waals surface area contributed by atoms with Crippen LogP contribution >= 0.6 is 0 Å². The van der Waals surface area contributed by atoms with Crippen molar-refractivity contribution in [2.24, 2.45) is 0 Å². The summed E-state index contributed by atoms with van der Waals surface area (Å²) >= 11 is 0. The quantitative estimate of drug-likeness (QED) is 0.623. The molecule has 1 heterocycles. The second-order valence-electron chi connectivity index (χ2n) is 6.42. The van der Waals surface area contributed by atoms with Crippen molar-refractivity contribution in [2.75, 3.05) is 5.32 Å². The van der Waals surface area contributed by atoms with Crippen LogP contribution < -0.4 is 5.32 Å². The number of amides is 1. The van der Waals surface area contributed by atoms with Crippen molar-refractivity contribution in [3.05, 3.63) is 32.9 Å². The molecule has 1 unspecified atom stereocenters. The zero-order valence-electron chi connectivity index (χ0n) is 11.5. The molecule has 0 bridgehead atoms. The number of nitro groups is 1. The maximum absolute atomic E-state index is 12.3. The molecule has 5 nitrogen and oxygen atoms in total. The molecule has 1 atom stereocenters. The molecule has 3 rings (SSSR count). The van der Waals surface area contributed by atoms with Gasteiger partial charge in [0, 0.05) is 6.07 Å². The van der Waals surface area contributed by atoms with Gasteiger partial charge in [-0.3, -0.25) is 14.9 Å². The number of nitro benzene ring substituents is 1. The van der Waals surface area contributed by atoms with Gasteiger partial charge in [0.15, 0.2) is 0 Å². The number of nitrogens with zero attached hydrogens (tertiary/aromatic N) is 1. The summed E-state index contributed by atoms with van der Waals surface area (Å²) in [6, 6.07) is 1.65. The predicted molar refractivity (Wildman–Crippen MR) is 71.5 cm³/mol. The Morgan fingerprint density at radius 3 is 2.58 bits per heavy atom. The molecular weight excluding hydrogens is 244 g/mol. The Labute approximate surface area is 111 Å². The van der Waals surface area contributed by atoms with Gasteiger partial charge in [-0.1, -0.05) is 13.8 Å². The van der Waals surface area contributed by atoms with E-state index in [-0.39, 0.29) is 21.9 Å². The van der Waals surface area contributed by atoms with Crippen molar-refractivity contribution in [1.82, 2.24) is 0 Å². The summed E-state index contributed by atoms with van der Waals surface area (Å²) in [4.78, 5) is 23.1. The van der Waals surface area contributed by atoms with Gasteiger partial charge in [0.2, 0.25) is 5.91 Å². The Morgan fingerprint density at radius 1 is 1.37 bits per heavy atom. The molecule has 0 saturated heterocycles. The number of anilines is 1. The molecule has 0 aromatic heterocycles. The Morgan fingerprint density at radius 2 is 2.00 bits per heavy atom. The van der Waals surface area contributed by atoms with E-state index in [0.717, 1.165) is 11.1 Å². The second-order valence-corrected chi connectivity index (χ2v) is 6.42. The molecule has 1 aliphatic carbocycles. The van der Waals surface area contributed by atoms with Gasteiger partial charge in [-0.05, 0) is 36.8 Å². The highest BCUT2D eigenvalue weighted by atomic mass is 16.6. The highest BCUT2D eigenvalue weighted by Crippen LogP contribution is 2.57. The number of hydrogen-bond acceptors (Lipinski definition) is 3. The van der Waals surface area contributed by atoms with E-state index in [1.54, 1.807) is 13.0 Å². The monoisotopic (exact) mass is 260 g/mol. The molecule has 1 aromatic carbocycles. The van der Waals surface area contributed by atoms with Gasteiger partial charge < -0.3 is 5.32 Å². The van der Waals surface area contributed by atoms with Crippen molar-refractivity contribution < 1.29 is 9.72 Å². The van der Waals surface area contributed by atoms with Crippen LogP contribution in [-0.4, -0.2) is 10.8 Å². The SMILES string of the molecule is Cc1c([N+](=O)[O-])cc2c3c1NC(=O)C3(C)CC2(C)C. The average Bonchev–Trinajstić information content (AvgIpc) is 2.63. The first-order valence-corrected chi connectivity index (χ1v) is 6.33. The van der Waals surface area contributed by atoms with Gasteiger partial charge in [0.25, 0.3) is 5.69 Å². The summed E-state index contributed by atoms with van der Waals surface area (Å²) < 4.78 is 0. The third-order valence-electron chi connectivity index (χ3n) is 4.57. The minimum absolute atomic E-state index is 0.0436. The summed E-state index contributed by atoms with van der Waals surface area (Å²) in [5.41, 5.74) is 2.43. The van der Waals surface area contributed by atoms with Crippen molar-refractivity contribution in [3.8, 4) is 0 Å². The highest BCUT2D eigenvalue weighted by molar-refractivity contribution is 6.09. The average molecular weight is 260 g/mol. The number of nitrogens with one attached hydrogen (secondary N) is 1. The van der Waals surface area contributed by atoms with Crippen LogP contribution in [0.3, 0.4) is 0 Å². The Hall–Kier alpha value is -1.91. The minimum atomic E-state index is -0.548. The normalized spacial score (nSPS) is 26.2. The molecule has 1 amide bonds. The Balaban J connectivity index is 2.42. The van der Waals surface area contributed by atoms with E-state index in [9.17, 15) is 14.9 Å². The van der Waals surface area contributed by atoms with E-state index in [0.29, 0.717) is 17.7 Å². The lowest BCUT2D eigenvalue weighted by molar-refractivity contribution is -0.385. The molecule has 1 aromatic rings. The van der Waals surface area contributed by atoms with Gasteiger partial charge in [0.05, 0.1) is 21.6 Å². The van der Waals surface area contributed by atoms with Crippen molar-refractivity contribution in [3.63, 3.8) is 0 Å². The first kappa shape index (κ1) is 12.1. The van der Waals surface area contributed by atoms with Gasteiger partial charge in [-0.15, -0.1) is 0 Å². The molecule has 100 valence electrons. The predicted octanol–water partition coefficient (Wildman–Crippen LogP) is 2.79. The van der Waals surface area contributed by atoms with Crippen LogP contribution in [-0.2, 0) is 15.6 Å². The fourth-order valence-electron chi connectivity index (χ4n) is 3.73. The molecular formula is C14H16N2O3. The third kappa shape index (κ3) is 1.27. The summed E-state index contributed by atoms with van der Waals surface area (Å²) in [7, 11) is 0. The van der Waals surface area contributed by atoms with E-state index in [1.807, 2.05) is 20.8 Å². The first-order chi connectivity index (χ1) is 8.68. The van der Waals surface area contributed by atoms with Gasteiger partial charge in [-0.25, -0.2) is 0 Å². The molecule has 19 heavy (non-hydrogen) atoms. The summed E-state index contributed by atoms with van der Waals surface area (Å²) in [5.74, 6) is -0.0436. The van der Waals surface area contributed by atoms with Gasteiger partial charge in [0.1, 0.15) is 0 Å². The van der Waals surface area contributed by atoms with E-state index in [4.69, 9.17) is 0 Å². The van der Waals surface area contributed by atoms with E-state index in [2.05, 4.69) is 5.32 Å². The number of benzene rings is 1. The molecule has 0 radical (unpaired) electrons. The number of carbonyl (C=O) groups is 1. The highest BCUT2D eigenvalue weighted by Gasteiger charge is 2.55. The lowest BCUT2D eigenvalue weighted by Crippen LogP contribution is -2.31. The lowest BCUT2D eigenvalue weighted by Gasteiger charge is -2.23. The largest absolute Gasteiger partial charge is 0.325 e. The molecule has 0 saturated carbocycles. The van der Waals surface area contributed by atoms with Gasteiger partial charge in [-0.2, -0.15) is 0 Å². The molecule has 1 aliphatic heterocycles. The molecule has 1 N–H and O–H groups in total. The van der Waals surface area contributed by atoms with Crippen molar-refractivity contribution in [2.45, 2.75) is 44.9 Å². The Kier molecular flexibility index (Phi) is 2.01. The van der Waals surface area contributed by atoms with Crippen LogP contribution in [0.2, 0.25) is 0 Å². The maximum atomic E-state index is 12.3. The van der Waals surface area contributed by atoms with Crippen LogP contribution in [0.4, 0.5) is 11.4 Å². The lowest BCUT2D eigenvalue weighted by atomic mass is 9.80. The first-order valence-electron chi connectivity index (χ1n) is 6.33. The van der Waals surface area contributed by atoms with Crippen LogP contribution in [0, 0.1) is 17.0 Å². The van der Waals surface area contributed by atoms with E-state index < -0.39 is 5.41 Å². The van der Waals surface area contributed by atoms with Crippen LogP contribution in [0.5, 0.6) is 0 Å². The minimum Gasteiger partial charge on any atom is -0.325 e. The number of rotatable bonds is 1. The second kappa shape index (κ2) is 3.15. The number of carbonyl (C=O) groups excluding carboxylic acids is 1. The third-order valence-corrected chi connectivity index (χ3v) is 4.57. The number of hydrogen-bond donors (Lipinski definition) is 1. The fraction of sp³-hybridized carbons (Fsp3) is 0.500. The zero-order chi connectivity index (χ0) is 14.2. The zero-order valence-corrected chi connectivity index (χ0v) is 11.5. The van der Waals surface area contributed by atoms with E-state index in [1.165, 1.54) is 0 Å². The summed E-state index contributed by atoms with van der Waals surface area (Å²) in [6.45, 7) is 7.71. The summed E-state index contributed by atoms with van der Waals surface area (Å²) in [6.07, 6.45) is 0.689. The van der Waals surface area contributed by atoms with Crippen LogP contribution in [0.15, 0.2) is 6.07 Å².